The van der Waals surface area contributed by atoms with Crippen molar-refractivity contribution in [3.8, 4) is 0 Å². The average Bonchev–Trinajstić information content (AvgIpc) is 3.09. The lowest BCUT2D eigenvalue weighted by Gasteiger charge is -2.30. The van der Waals surface area contributed by atoms with E-state index >= 15 is 0 Å². The van der Waals surface area contributed by atoms with Crippen LogP contribution in [-0.2, 0) is 10.0 Å². The molecule has 0 saturated carbocycles. The molecule has 0 bridgehead atoms. The van der Waals surface area contributed by atoms with Gasteiger partial charge in [0.2, 0.25) is 10.0 Å². The van der Waals surface area contributed by atoms with Gasteiger partial charge in [-0.25, -0.2) is 18.2 Å². The Labute approximate surface area is 134 Å². The molecular formula is C15H17N3O4S. The molecule has 8 heteroatoms. The first-order chi connectivity index (χ1) is 11.0. The topological polar surface area (TPSA) is 103 Å². The SMILES string of the molecule is O=C(O)c1ccc(S(=O)(=O)N2CCC(c3ncc[nH]3)CC2)cc1. The third-order valence-corrected chi connectivity index (χ3v) is 6.01. The summed E-state index contributed by atoms with van der Waals surface area (Å²) in [6.07, 6.45) is 4.88. The van der Waals surface area contributed by atoms with Gasteiger partial charge >= 0.3 is 5.97 Å². The van der Waals surface area contributed by atoms with Crippen molar-refractivity contribution in [3.63, 3.8) is 0 Å². The van der Waals surface area contributed by atoms with Crippen LogP contribution in [0.5, 0.6) is 0 Å². The van der Waals surface area contributed by atoms with Gasteiger partial charge in [-0.3, -0.25) is 0 Å². The Morgan fingerprint density at radius 2 is 1.87 bits per heavy atom. The number of carbonyl (C=O) groups is 1. The molecule has 7 nitrogen and oxygen atoms in total. The lowest BCUT2D eigenvalue weighted by atomic mass is 9.98. The molecule has 1 fully saturated rings. The molecular weight excluding hydrogens is 318 g/mol. The third kappa shape index (κ3) is 3.13. The van der Waals surface area contributed by atoms with E-state index < -0.39 is 16.0 Å². The van der Waals surface area contributed by atoms with Crippen LogP contribution in [0.1, 0.15) is 34.9 Å². The summed E-state index contributed by atoms with van der Waals surface area (Å²) in [5, 5.41) is 8.88. The molecule has 1 aliphatic heterocycles. The number of sulfonamides is 1. The monoisotopic (exact) mass is 335 g/mol. The molecule has 0 radical (unpaired) electrons. The number of carboxylic acid groups (broad SMARTS) is 1. The van der Waals surface area contributed by atoms with Crippen molar-refractivity contribution in [1.82, 2.24) is 14.3 Å². The predicted molar refractivity (Wildman–Crippen MR) is 82.7 cm³/mol. The number of H-pyrrole nitrogens is 1. The number of piperidine rings is 1. The molecule has 0 spiro atoms. The summed E-state index contributed by atoms with van der Waals surface area (Å²) in [6, 6.07) is 5.31. The highest BCUT2D eigenvalue weighted by molar-refractivity contribution is 7.89. The van der Waals surface area contributed by atoms with E-state index in [9.17, 15) is 13.2 Å². The highest BCUT2D eigenvalue weighted by Gasteiger charge is 2.30. The van der Waals surface area contributed by atoms with Crippen molar-refractivity contribution >= 4 is 16.0 Å². The summed E-state index contributed by atoms with van der Waals surface area (Å²) in [4.78, 5) is 18.3. The van der Waals surface area contributed by atoms with Gasteiger partial charge in [-0.1, -0.05) is 0 Å². The molecule has 3 rings (SSSR count). The molecule has 2 aromatic rings. The fourth-order valence-corrected chi connectivity index (χ4v) is 4.26. The maximum atomic E-state index is 12.6. The van der Waals surface area contributed by atoms with E-state index in [1.807, 2.05) is 0 Å². The van der Waals surface area contributed by atoms with Gasteiger partial charge in [-0.05, 0) is 37.1 Å². The second-order valence-electron chi connectivity index (χ2n) is 5.48. The number of hydrogen-bond donors (Lipinski definition) is 2. The van der Waals surface area contributed by atoms with Crippen molar-refractivity contribution in [2.45, 2.75) is 23.7 Å². The molecule has 0 amide bonds. The lowest BCUT2D eigenvalue weighted by Crippen LogP contribution is -2.38. The first kappa shape index (κ1) is 15.7. The van der Waals surface area contributed by atoms with Crippen LogP contribution in [0.15, 0.2) is 41.6 Å². The number of hydrogen-bond acceptors (Lipinski definition) is 4. The fraction of sp³-hybridized carbons (Fsp3) is 0.333. The van der Waals surface area contributed by atoms with E-state index in [0.717, 1.165) is 5.82 Å². The minimum Gasteiger partial charge on any atom is -0.478 e. The van der Waals surface area contributed by atoms with Crippen LogP contribution >= 0.6 is 0 Å². The molecule has 2 heterocycles. The average molecular weight is 335 g/mol. The van der Waals surface area contributed by atoms with Crippen molar-refractivity contribution in [2.24, 2.45) is 0 Å². The quantitative estimate of drug-likeness (QED) is 0.885. The number of benzene rings is 1. The van der Waals surface area contributed by atoms with E-state index in [-0.39, 0.29) is 16.4 Å². The second-order valence-corrected chi connectivity index (χ2v) is 7.42. The summed E-state index contributed by atoms with van der Waals surface area (Å²) in [5.74, 6) is 0.0619. The number of imidazole rings is 1. The molecule has 1 aromatic heterocycles. The van der Waals surface area contributed by atoms with Crippen molar-refractivity contribution in [1.29, 1.82) is 0 Å². The first-order valence-electron chi connectivity index (χ1n) is 7.31. The van der Waals surface area contributed by atoms with Crippen molar-refractivity contribution in [3.05, 3.63) is 48.0 Å². The Balaban J connectivity index is 1.72. The number of aromatic nitrogens is 2. The number of nitrogens with one attached hydrogen (secondary N) is 1. The van der Waals surface area contributed by atoms with Crippen LogP contribution in [0, 0.1) is 0 Å². The van der Waals surface area contributed by atoms with Crippen LogP contribution in [0.3, 0.4) is 0 Å². The van der Waals surface area contributed by atoms with E-state index in [2.05, 4.69) is 9.97 Å². The van der Waals surface area contributed by atoms with Gasteiger partial charge < -0.3 is 10.1 Å². The summed E-state index contributed by atoms with van der Waals surface area (Å²) in [7, 11) is -3.59. The Hall–Kier alpha value is -2.19. The molecule has 23 heavy (non-hydrogen) atoms. The number of aromatic carboxylic acids is 1. The normalized spacial score (nSPS) is 17.2. The number of aromatic amines is 1. The molecule has 1 aromatic carbocycles. The molecule has 2 N–H and O–H groups in total. The van der Waals surface area contributed by atoms with Crippen molar-refractivity contribution in [2.75, 3.05) is 13.1 Å². The Morgan fingerprint density at radius 1 is 1.22 bits per heavy atom. The highest BCUT2D eigenvalue weighted by atomic mass is 32.2. The minimum atomic E-state index is -3.59. The van der Waals surface area contributed by atoms with Crippen LogP contribution in [0.4, 0.5) is 0 Å². The zero-order chi connectivity index (χ0) is 16.4. The predicted octanol–water partition coefficient (Wildman–Crippen LogP) is 1.68. The molecule has 122 valence electrons. The fourth-order valence-electron chi connectivity index (χ4n) is 2.79. The molecule has 0 aliphatic carbocycles. The van der Waals surface area contributed by atoms with Gasteiger partial charge in [0.25, 0.3) is 0 Å². The number of nitrogens with zero attached hydrogens (tertiary/aromatic N) is 2. The minimum absolute atomic E-state index is 0.0699. The molecule has 0 atom stereocenters. The van der Waals surface area contributed by atoms with Gasteiger partial charge in [-0.15, -0.1) is 0 Å². The lowest BCUT2D eigenvalue weighted by molar-refractivity contribution is 0.0696. The van der Waals surface area contributed by atoms with Gasteiger partial charge in [-0.2, -0.15) is 4.31 Å². The third-order valence-electron chi connectivity index (χ3n) is 4.10. The number of rotatable bonds is 4. The first-order valence-corrected chi connectivity index (χ1v) is 8.75. The standard InChI is InChI=1S/C15H17N3O4S/c19-15(20)12-1-3-13(4-2-12)23(21,22)18-9-5-11(6-10-18)14-16-7-8-17-14/h1-4,7-8,11H,5-6,9-10H2,(H,16,17)(H,19,20). The van der Waals surface area contributed by atoms with E-state index in [4.69, 9.17) is 5.11 Å². The Morgan fingerprint density at radius 3 is 2.39 bits per heavy atom. The molecule has 1 saturated heterocycles. The largest absolute Gasteiger partial charge is 0.478 e. The van der Waals surface area contributed by atoms with E-state index in [1.54, 1.807) is 12.4 Å². The summed E-state index contributed by atoms with van der Waals surface area (Å²) >= 11 is 0. The van der Waals surface area contributed by atoms with Gasteiger partial charge in [0.05, 0.1) is 10.5 Å². The second kappa shape index (κ2) is 6.13. The van der Waals surface area contributed by atoms with E-state index in [0.29, 0.717) is 25.9 Å². The molecule has 1 aliphatic rings. The Kier molecular flexibility index (Phi) is 4.18. The molecule has 0 unspecified atom stereocenters. The zero-order valence-electron chi connectivity index (χ0n) is 12.3. The van der Waals surface area contributed by atoms with E-state index in [1.165, 1.54) is 28.6 Å². The van der Waals surface area contributed by atoms with Gasteiger partial charge in [0.1, 0.15) is 5.82 Å². The van der Waals surface area contributed by atoms with Crippen LogP contribution in [-0.4, -0.2) is 46.9 Å². The number of carboxylic acids is 1. The summed E-state index contributed by atoms with van der Waals surface area (Å²) < 4.78 is 26.7. The summed E-state index contributed by atoms with van der Waals surface area (Å²) in [6.45, 7) is 0.850. The smallest absolute Gasteiger partial charge is 0.335 e. The van der Waals surface area contributed by atoms with Crippen LogP contribution in [0.25, 0.3) is 0 Å². The maximum Gasteiger partial charge on any atom is 0.335 e. The highest BCUT2D eigenvalue weighted by Crippen LogP contribution is 2.28. The summed E-state index contributed by atoms with van der Waals surface area (Å²) in [5.41, 5.74) is 0.0699. The zero-order valence-corrected chi connectivity index (χ0v) is 13.2. The van der Waals surface area contributed by atoms with Crippen molar-refractivity contribution < 1.29 is 18.3 Å². The van der Waals surface area contributed by atoms with Gasteiger partial charge in [0, 0.05) is 31.4 Å². The Bertz CT molecular complexity index is 777. The van der Waals surface area contributed by atoms with Crippen LogP contribution in [0.2, 0.25) is 0 Å². The maximum absolute atomic E-state index is 12.6. The van der Waals surface area contributed by atoms with Gasteiger partial charge in [0.15, 0.2) is 0 Å². The van der Waals surface area contributed by atoms with Crippen LogP contribution < -0.4 is 0 Å².